The van der Waals surface area contributed by atoms with Crippen LogP contribution in [0.1, 0.15) is 5.56 Å². The van der Waals surface area contributed by atoms with Crippen LogP contribution in [0.3, 0.4) is 0 Å². The van der Waals surface area contributed by atoms with Gasteiger partial charge >= 0.3 is 0 Å². The van der Waals surface area contributed by atoms with Crippen LogP contribution in [0, 0.1) is 6.92 Å². The zero-order valence-corrected chi connectivity index (χ0v) is 6.79. The van der Waals surface area contributed by atoms with Gasteiger partial charge in [0, 0.05) is 5.56 Å². The average Bonchev–Trinajstić information content (AvgIpc) is 1.97. The second kappa shape index (κ2) is 3.37. The van der Waals surface area contributed by atoms with Gasteiger partial charge < -0.3 is 5.73 Å². The summed E-state index contributed by atoms with van der Waals surface area (Å²) < 4.78 is 0. The van der Waals surface area contributed by atoms with Crippen LogP contribution in [-0.4, -0.2) is 7.11 Å². The summed E-state index contributed by atoms with van der Waals surface area (Å²) in [7, 11) is 1.62. The monoisotopic (exact) mass is 153 g/mol. The van der Waals surface area contributed by atoms with Crippen LogP contribution >= 0.6 is 0 Å². The summed E-state index contributed by atoms with van der Waals surface area (Å²) in [6.07, 6.45) is 0. The molecule has 0 saturated carbocycles. The molecule has 0 saturated heterocycles. The number of aryl methyl sites for hydroxylation is 1. The predicted molar refractivity (Wildman–Crippen MR) is 44.2 cm³/mol. The highest BCUT2D eigenvalue weighted by Crippen LogP contribution is 2.16. The van der Waals surface area contributed by atoms with Crippen molar-refractivity contribution in [2.75, 3.05) is 12.8 Å². The molecule has 3 nitrogen and oxygen atoms in total. The lowest BCUT2D eigenvalue weighted by Crippen LogP contribution is -2.76. The Morgan fingerprint density at radius 1 is 1.45 bits per heavy atom. The number of nitrogen functional groups attached to an aromatic ring is 1. The molecule has 0 heterocycles. The molecule has 0 aliphatic rings. The quantitative estimate of drug-likeness (QED) is 0.475. The fourth-order valence-electron chi connectivity index (χ4n) is 0.982. The maximum absolute atomic E-state index is 5.70. The third-order valence-corrected chi connectivity index (χ3v) is 1.59. The Kier molecular flexibility index (Phi) is 2.46. The van der Waals surface area contributed by atoms with Crippen LogP contribution in [0.15, 0.2) is 18.2 Å². The molecule has 0 fully saturated rings. The Morgan fingerprint density at radius 3 is 2.73 bits per heavy atom. The van der Waals surface area contributed by atoms with Crippen molar-refractivity contribution in [3.05, 3.63) is 23.8 Å². The Labute approximate surface area is 66.1 Å². The molecule has 4 N–H and O–H groups in total. The molecule has 0 amide bonds. The fraction of sp³-hybridized carbons (Fsp3) is 0.250. The van der Waals surface area contributed by atoms with E-state index in [2.05, 4.69) is 0 Å². The van der Waals surface area contributed by atoms with Crippen LogP contribution < -0.4 is 11.2 Å². The summed E-state index contributed by atoms with van der Waals surface area (Å²) in [4.78, 5) is 4.88. The van der Waals surface area contributed by atoms with E-state index in [1.54, 1.807) is 12.6 Å². The van der Waals surface area contributed by atoms with E-state index in [9.17, 15) is 0 Å². The van der Waals surface area contributed by atoms with E-state index in [0.717, 1.165) is 16.9 Å². The van der Waals surface area contributed by atoms with Gasteiger partial charge in [0.25, 0.3) is 0 Å². The van der Waals surface area contributed by atoms with Gasteiger partial charge in [-0.25, -0.2) is 4.84 Å². The van der Waals surface area contributed by atoms with E-state index in [1.807, 2.05) is 25.1 Å². The largest absolute Gasteiger partial charge is 0.394 e. The highest BCUT2D eigenvalue weighted by molar-refractivity contribution is 5.60. The summed E-state index contributed by atoms with van der Waals surface area (Å²) in [5.74, 6) is 0. The van der Waals surface area contributed by atoms with E-state index in [0.29, 0.717) is 0 Å². The van der Waals surface area contributed by atoms with Gasteiger partial charge in [0.05, 0.1) is 12.8 Å². The van der Waals surface area contributed by atoms with Gasteiger partial charge in [0.15, 0.2) is 5.69 Å². The van der Waals surface area contributed by atoms with Gasteiger partial charge in [-0.05, 0) is 13.0 Å². The minimum absolute atomic E-state index is 0.756. The molecule has 60 valence electrons. The van der Waals surface area contributed by atoms with Crippen molar-refractivity contribution in [2.24, 2.45) is 0 Å². The van der Waals surface area contributed by atoms with Crippen LogP contribution in [0.25, 0.3) is 0 Å². The van der Waals surface area contributed by atoms with Gasteiger partial charge in [0.1, 0.15) is 0 Å². The summed E-state index contributed by atoms with van der Waals surface area (Å²) in [5.41, 5.74) is 10.2. The molecule has 1 aromatic carbocycles. The second-order valence-electron chi connectivity index (χ2n) is 2.43. The summed E-state index contributed by atoms with van der Waals surface area (Å²) in [6.45, 7) is 2.00. The number of benzene rings is 1. The van der Waals surface area contributed by atoms with Crippen molar-refractivity contribution >= 4 is 11.4 Å². The first-order chi connectivity index (χ1) is 5.25. The average molecular weight is 153 g/mol. The second-order valence-corrected chi connectivity index (χ2v) is 2.43. The van der Waals surface area contributed by atoms with Crippen molar-refractivity contribution < 1.29 is 10.3 Å². The molecule has 0 atom stereocenters. The van der Waals surface area contributed by atoms with Crippen molar-refractivity contribution in [1.82, 2.24) is 0 Å². The van der Waals surface area contributed by atoms with E-state index in [4.69, 9.17) is 10.6 Å². The maximum atomic E-state index is 5.70. The van der Waals surface area contributed by atoms with Gasteiger partial charge in [-0.15, -0.1) is 0 Å². The third-order valence-electron chi connectivity index (χ3n) is 1.59. The molecular formula is C8H13N2O+. The van der Waals surface area contributed by atoms with E-state index >= 15 is 0 Å². The van der Waals surface area contributed by atoms with Gasteiger partial charge in [-0.2, -0.15) is 5.48 Å². The van der Waals surface area contributed by atoms with Gasteiger partial charge in [-0.3, -0.25) is 0 Å². The smallest absolute Gasteiger partial charge is 0.188 e. The fourth-order valence-corrected chi connectivity index (χ4v) is 0.982. The Morgan fingerprint density at radius 2 is 2.18 bits per heavy atom. The third kappa shape index (κ3) is 1.69. The number of hydrogen-bond donors (Lipinski definition) is 2. The first kappa shape index (κ1) is 8.04. The highest BCUT2D eigenvalue weighted by atomic mass is 16.6. The van der Waals surface area contributed by atoms with Crippen molar-refractivity contribution in [3.8, 4) is 0 Å². The molecule has 0 aromatic heterocycles. The maximum Gasteiger partial charge on any atom is 0.188 e. The Hall–Kier alpha value is -1.06. The summed E-state index contributed by atoms with van der Waals surface area (Å²) in [6, 6.07) is 5.79. The standard InChI is InChI=1S/C8H12N2O/c1-6-4-3-5-7(9)8(6)10-11-2/h3-5,10H,9H2,1-2H3/p+1. The lowest BCUT2D eigenvalue weighted by molar-refractivity contribution is -0.830. The van der Waals surface area contributed by atoms with Crippen LogP contribution in [0.2, 0.25) is 0 Å². The van der Waals surface area contributed by atoms with E-state index in [-0.39, 0.29) is 0 Å². The zero-order valence-electron chi connectivity index (χ0n) is 6.79. The van der Waals surface area contributed by atoms with E-state index < -0.39 is 0 Å². The molecule has 1 rings (SSSR count). The first-order valence-electron chi connectivity index (χ1n) is 3.47. The summed E-state index contributed by atoms with van der Waals surface area (Å²) >= 11 is 0. The van der Waals surface area contributed by atoms with E-state index in [1.165, 1.54) is 0 Å². The molecule has 0 bridgehead atoms. The number of rotatable bonds is 2. The molecule has 0 aliphatic heterocycles. The molecule has 3 heteroatoms. The molecule has 11 heavy (non-hydrogen) atoms. The SMILES string of the molecule is CO[NH2+]c1c(C)cccc1N. The van der Waals surface area contributed by atoms with Gasteiger partial charge in [-0.1, -0.05) is 12.1 Å². The van der Waals surface area contributed by atoms with Crippen LogP contribution in [0.4, 0.5) is 11.4 Å². The molecule has 0 spiro atoms. The lowest BCUT2D eigenvalue weighted by atomic mass is 10.2. The minimum Gasteiger partial charge on any atom is -0.394 e. The Bertz CT molecular complexity index is 228. The lowest BCUT2D eigenvalue weighted by Gasteiger charge is -2.02. The number of nitrogens with two attached hydrogens (primary N) is 2. The predicted octanol–water partition coefficient (Wildman–Crippen LogP) is 0.334. The molecular weight excluding hydrogens is 140 g/mol. The molecule has 0 aliphatic carbocycles. The first-order valence-corrected chi connectivity index (χ1v) is 3.47. The number of quaternary nitrogens is 1. The van der Waals surface area contributed by atoms with Gasteiger partial charge in [0.2, 0.25) is 0 Å². The topological polar surface area (TPSA) is 51.9 Å². The van der Waals surface area contributed by atoms with Crippen LogP contribution in [-0.2, 0) is 4.84 Å². The normalized spacial score (nSPS) is 10.0. The number of anilines is 1. The molecule has 0 radical (unpaired) electrons. The highest BCUT2D eigenvalue weighted by Gasteiger charge is 2.05. The van der Waals surface area contributed by atoms with Crippen molar-refractivity contribution in [1.29, 1.82) is 0 Å². The minimum atomic E-state index is 0.756. The zero-order chi connectivity index (χ0) is 8.27. The molecule has 1 aromatic rings. The number of hydrogen-bond acceptors (Lipinski definition) is 2. The Balaban J connectivity index is 3.00. The van der Waals surface area contributed by atoms with Crippen LogP contribution in [0.5, 0.6) is 0 Å². The van der Waals surface area contributed by atoms with Crippen molar-refractivity contribution in [2.45, 2.75) is 6.92 Å². The van der Waals surface area contributed by atoms with Crippen molar-refractivity contribution in [3.63, 3.8) is 0 Å². The summed E-state index contributed by atoms with van der Waals surface area (Å²) in [5, 5.41) is 0. The molecule has 0 unspecified atom stereocenters.